The number of fused-ring (bicyclic) bond motifs is 13. The van der Waals surface area contributed by atoms with Crippen molar-refractivity contribution in [2.24, 2.45) is 0 Å². The maximum absolute atomic E-state index is 6.30. The summed E-state index contributed by atoms with van der Waals surface area (Å²) in [5, 5.41) is 7.61. The maximum Gasteiger partial charge on any atom is 0.135 e. The second kappa shape index (κ2) is 12.4. The summed E-state index contributed by atoms with van der Waals surface area (Å²) >= 11 is 3.84. The van der Waals surface area contributed by atoms with Crippen LogP contribution in [-0.4, -0.2) is 0 Å². The predicted molar refractivity (Wildman–Crippen MR) is 249 cm³/mol. The van der Waals surface area contributed by atoms with E-state index in [1.165, 1.54) is 107 Å². The van der Waals surface area contributed by atoms with E-state index in [4.69, 9.17) is 4.42 Å². The van der Waals surface area contributed by atoms with E-state index in [1.54, 1.807) is 0 Å². The Kier molecular flexibility index (Phi) is 6.89. The SMILES string of the molecule is c1ccc(-c2ccc3c(c2)-c2cc(-c4ccc5sc6c(ccc7c8cc(-c9ccc%10oc%11ccc(-c%12ccccc%12)cc%11c%10c9)ccc8sc76)c5c4)ccc2C3)cc1. The summed E-state index contributed by atoms with van der Waals surface area (Å²) in [5.41, 5.74) is 17.3. The molecule has 0 saturated carbocycles. The summed E-state index contributed by atoms with van der Waals surface area (Å²) < 4.78 is 11.7. The second-order valence-electron chi connectivity index (χ2n) is 15.6. The lowest BCUT2D eigenvalue weighted by molar-refractivity contribution is 0.669. The van der Waals surface area contributed by atoms with Gasteiger partial charge >= 0.3 is 0 Å². The summed E-state index contributed by atoms with van der Waals surface area (Å²) in [6, 6.07) is 67.2. The van der Waals surface area contributed by atoms with Gasteiger partial charge in [0, 0.05) is 41.7 Å². The average Bonchev–Trinajstić information content (AvgIpc) is 4.05. The van der Waals surface area contributed by atoms with Gasteiger partial charge in [0.05, 0.1) is 9.40 Å². The van der Waals surface area contributed by atoms with Gasteiger partial charge in [0.1, 0.15) is 11.2 Å². The van der Waals surface area contributed by atoms with Crippen molar-refractivity contribution in [1.82, 2.24) is 0 Å². The third kappa shape index (κ3) is 4.94. The molecule has 1 aliphatic carbocycles. The van der Waals surface area contributed by atoms with E-state index >= 15 is 0 Å². The number of hydrogen-bond donors (Lipinski definition) is 0. The first-order chi connectivity index (χ1) is 28.7. The Morgan fingerprint density at radius 1 is 0.310 bits per heavy atom. The largest absolute Gasteiger partial charge is 0.456 e. The Balaban J connectivity index is 0.878. The first-order valence-electron chi connectivity index (χ1n) is 19.8. The molecule has 3 aromatic heterocycles. The van der Waals surface area contributed by atoms with Gasteiger partial charge in [-0.05, 0) is 134 Å². The van der Waals surface area contributed by atoms with Crippen LogP contribution in [0.2, 0.25) is 0 Å². The molecule has 13 rings (SSSR count). The molecule has 0 bridgehead atoms. The Morgan fingerprint density at radius 2 is 0.707 bits per heavy atom. The van der Waals surface area contributed by atoms with Crippen LogP contribution in [0, 0.1) is 0 Å². The standard InChI is InChI=1S/C55H32OS2/c1-3-7-32(8-4-1)34-11-13-40-25-41-14-12-36(27-45(41)44(40)26-34)38-17-23-52-48(30-38)42-19-20-43-49-31-39(18-24-53(49)58-55(43)54(42)57-52)37-16-22-51-47(29-37)46-28-35(15-21-50(46)56-51)33-9-5-2-6-10-33/h1-24,26-31H,25H2. The Hall–Kier alpha value is -6.78. The van der Waals surface area contributed by atoms with Crippen molar-refractivity contribution in [1.29, 1.82) is 0 Å². The van der Waals surface area contributed by atoms with E-state index in [-0.39, 0.29) is 0 Å². The normalized spacial score (nSPS) is 12.4. The third-order valence-corrected chi connectivity index (χ3v) is 14.9. The topological polar surface area (TPSA) is 13.1 Å². The van der Waals surface area contributed by atoms with Crippen molar-refractivity contribution in [3.05, 3.63) is 193 Å². The number of hydrogen-bond acceptors (Lipinski definition) is 3. The molecule has 270 valence electrons. The molecule has 0 spiro atoms. The van der Waals surface area contributed by atoms with E-state index < -0.39 is 0 Å². The molecule has 0 saturated heterocycles. The quantitative estimate of drug-likeness (QED) is 0.174. The number of thiophene rings is 2. The number of rotatable bonds is 4. The third-order valence-electron chi connectivity index (χ3n) is 12.3. The highest BCUT2D eigenvalue weighted by molar-refractivity contribution is 7.33. The van der Waals surface area contributed by atoms with Crippen LogP contribution in [0.15, 0.2) is 186 Å². The fourth-order valence-electron chi connectivity index (χ4n) is 9.35. The van der Waals surface area contributed by atoms with Crippen molar-refractivity contribution >= 4 is 85.0 Å². The zero-order valence-corrected chi connectivity index (χ0v) is 32.9. The van der Waals surface area contributed by atoms with E-state index in [2.05, 4.69) is 182 Å². The van der Waals surface area contributed by atoms with Gasteiger partial charge in [-0.1, -0.05) is 121 Å². The molecule has 0 fully saturated rings. The molecule has 9 aromatic carbocycles. The highest BCUT2D eigenvalue weighted by Crippen LogP contribution is 2.47. The molecule has 58 heavy (non-hydrogen) atoms. The van der Waals surface area contributed by atoms with Crippen molar-refractivity contribution in [2.75, 3.05) is 0 Å². The molecule has 0 amide bonds. The molecule has 0 radical (unpaired) electrons. The van der Waals surface area contributed by atoms with Gasteiger partial charge in [-0.2, -0.15) is 0 Å². The Labute approximate surface area is 342 Å². The summed E-state index contributed by atoms with van der Waals surface area (Å²) in [4.78, 5) is 0. The van der Waals surface area contributed by atoms with E-state index in [1.807, 2.05) is 22.7 Å². The van der Waals surface area contributed by atoms with Gasteiger partial charge in [-0.15, -0.1) is 22.7 Å². The van der Waals surface area contributed by atoms with Crippen molar-refractivity contribution < 1.29 is 4.42 Å². The minimum Gasteiger partial charge on any atom is -0.456 e. The fourth-order valence-corrected chi connectivity index (χ4v) is 11.9. The lowest BCUT2D eigenvalue weighted by Crippen LogP contribution is -1.83. The van der Waals surface area contributed by atoms with E-state index in [9.17, 15) is 0 Å². The molecular weight excluding hydrogens is 741 g/mol. The van der Waals surface area contributed by atoms with Crippen molar-refractivity contribution in [3.8, 4) is 55.6 Å². The van der Waals surface area contributed by atoms with Gasteiger partial charge in [0.25, 0.3) is 0 Å². The van der Waals surface area contributed by atoms with Gasteiger partial charge < -0.3 is 4.42 Å². The van der Waals surface area contributed by atoms with E-state index in [0.29, 0.717) is 0 Å². The summed E-state index contributed by atoms with van der Waals surface area (Å²) in [6.07, 6.45) is 0.994. The van der Waals surface area contributed by atoms with Crippen LogP contribution in [0.3, 0.4) is 0 Å². The van der Waals surface area contributed by atoms with Gasteiger partial charge in [0.2, 0.25) is 0 Å². The molecule has 0 atom stereocenters. The number of furan rings is 1. The Morgan fingerprint density at radius 3 is 1.21 bits per heavy atom. The first kappa shape index (κ1) is 32.3. The minimum atomic E-state index is 0.917. The van der Waals surface area contributed by atoms with Crippen LogP contribution >= 0.6 is 22.7 Å². The lowest BCUT2D eigenvalue weighted by Gasteiger charge is -2.09. The molecule has 1 nitrogen and oxygen atoms in total. The zero-order valence-electron chi connectivity index (χ0n) is 31.3. The van der Waals surface area contributed by atoms with Crippen LogP contribution < -0.4 is 0 Å². The highest BCUT2D eigenvalue weighted by Gasteiger charge is 2.21. The Bertz CT molecular complexity index is 3640. The van der Waals surface area contributed by atoms with Crippen LogP contribution in [-0.2, 0) is 6.42 Å². The molecule has 0 N–H and O–H groups in total. The summed E-state index contributed by atoms with van der Waals surface area (Å²) in [5.74, 6) is 0. The van der Waals surface area contributed by atoms with E-state index in [0.717, 1.165) is 28.4 Å². The molecule has 1 aliphatic rings. The molecule has 0 unspecified atom stereocenters. The zero-order chi connectivity index (χ0) is 37.9. The number of benzene rings is 9. The minimum absolute atomic E-state index is 0.917. The summed E-state index contributed by atoms with van der Waals surface area (Å²) in [6.45, 7) is 0. The van der Waals surface area contributed by atoms with Crippen molar-refractivity contribution in [2.45, 2.75) is 6.42 Å². The molecule has 12 aromatic rings. The fraction of sp³-hybridized carbons (Fsp3) is 0.0182. The maximum atomic E-state index is 6.30. The summed E-state index contributed by atoms with van der Waals surface area (Å²) in [7, 11) is 0. The van der Waals surface area contributed by atoms with Crippen LogP contribution in [0.4, 0.5) is 0 Å². The highest BCUT2D eigenvalue weighted by atomic mass is 32.1. The van der Waals surface area contributed by atoms with Crippen molar-refractivity contribution in [3.63, 3.8) is 0 Å². The lowest BCUT2D eigenvalue weighted by atomic mass is 9.95. The van der Waals surface area contributed by atoms with Gasteiger partial charge in [0.15, 0.2) is 0 Å². The predicted octanol–water partition coefficient (Wildman–Crippen LogP) is 16.6. The van der Waals surface area contributed by atoms with Crippen LogP contribution in [0.5, 0.6) is 0 Å². The van der Waals surface area contributed by atoms with Crippen LogP contribution in [0.1, 0.15) is 11.1 Å². The monoisotopic (exact) mass is 772 g/mol. The van der Waals surface area contributed by atoms with Gasteiger partial charge in [-0.3, -0.25) is 0 Å². The first-order valence-corrected chi connectivity index (χ1v) is 21.5. The molecule has 0 aliphatic heterocycles. The molecule has 3 heteroatoms. The smallest absolute Gasteiger partial charge is 0.135 e. The average molecular weight is 773 g/mol. The van der Waals surface area contributed by atoms with Gasteiger partial charge in [-0.25, -0.2) is 0 Å². The molecule has 3 heterocycles. The van der Waals surface area contributed by atoms with Crippen LogP contribution in [0.25, 0.3) is 118 Å². The second-order valence-corrected chi connectivity index (χ2v) is 17.7. The molecular formula is C55H32OS2.